The molecule has 1 fully saturated rings. The first kappa shape index (κ1) is 17.9. The van der Waals surface area contributed by atoms with Gasteiger partial charge >= 0.3 is 6.03 Å². The van der Waals surface area contributed by atoms with E-state index in [1.165, 1.54) is 5.69 Å². The molecule has 0 radical (unpaired) electrons. The van der Waals surface area contributed by atoms with E-state index in [-0.39, 0.29) is 12.1 Å². The minimum Gasteiger partial charge on any atom is -0.493 e. The van der Waals surface area contributed by atoms with Crippen LogP contribution in [0.1, 0.15) is 43.0 Å². The van der Waals surface area contributed by atoms with Crippen molar-refractivity contribution >= 4 is 6.03 Å². The molecule has 4 rings (SSSR count). The number of carbonyl (C=O) groups excluding carboxylic acids is 1. The van der Waals surface area contributed by atoms with Gasteiger partial charge in [-0.25, -0.2) is 4.79 Å². The van der Waals surface area contributed by atoms with Gasteiger partial charge in [-0.2, -0.15) is 5.10 Å². The van der Waals surface area contributed by atoms with Crippen LogP contribution in [0.15, 0.2) is 36.5 Å². The second-order valence-corrected chi connectivity index (χ2v) is 7.61. The predicted octanol–water partition coefficient (Wildman–Crippen LogP) is 3.30. The molecule has 1 saturated heterocycles. The molecule has 6 nitrogen and oxygen atoms in total. The van der Waals surface area contributed by atoms with Gasteiger partial charge in [0.1, 0.15) is 5.75 Å². The number of aromatic nitrogens is 2. The fourth-order valence-corrected chi connectivity index (χ4v) is 4.15. The Morgan fingerprint density at radius 3 is 2.81 bits per heavy atom. The number of amides is 2. The standard InChI is InChI=1S/C21H28N4O2/c1-24-17(8-11-22-24)15-16-9-12-25(13-10-16)21(26)23-19-6-4-14-27-20-7-3-2-5-18(19)20/h2-3,5,7-8,11,16,19H,4,6,9-10,12-15H2,1H3,(H,23,26). The summed E-state index contributed by atoms with van der Waals surface area (Å²) in [5.41, 5.74) is 2.36. The summed E-state index contributed by atoms with van der Waals surface area (Å²) in [5.74, 6) is 1.52. The molecule has 1 atom stereocenters. The van der Waals surface area contributed by atoms with E-state index < -0.39 is 0 Å². The van der Waals surface area contributed by atoms with Crippen LogP contribution in [0, 0.1) is 5.92 Å². The van der Waals surface area contributed by atoms with E-state index in [1.807, 2.05) is 41.0 Å². The lowest BCUT2D eigenvalue weighted by Crippen LogP contribution is -2.45. The van der Waals surface area contributed by atoms with E-state index in [0.29, 0.717) is 12.5 Å². The highest BCUT2D eigenvalue weighted by Crippen LogP contribution is 2.31. The summed E-state index contributed by atoms with van der Waals surface area (Å²) >= 11 is 0. The maximum absolute atomic E-state index is 12.8. The zero-order chi connectivity index (χ0) is 18.6. The van der Waals surface area contributed by atoms with Gasteiger partial charge in [0.15, 0.2) is 0 Å². The van der Waals surface area contributed by atoms with Gasteiger partial charge in [-0.3, -0.25) is 4.68 Å². The van der Waals surface area contributed by atoms with Crippen molar-refractivity contribution in [2.75, 3.05) is 19.7 Å². The fourth-order valence-electron chi connectivity index (χ4n) is 4.15. The molecule has 6 heteroatoms. The number of fused-ring (bicyclic) bond motifs is 1. The highest BCUT2D eigenvalue weighted by Gasteiger charge is 2.27. The minimum absolute atomic E-state index is 0.0309. The molecule has 1 N–H and O–H groups in total. The fraction of sp³-hybridized carbons (Fsp3) is 0.524. The summed E-state index contributed by atoms with van der Waals surface area (Å²) in [6.07, 6.45) is 6.85. The number of benzene rings is 1. The summed E-state index contributed by atoms with van der Waals surface area (Å²) in [5, 5.41) is 7.50. The number of rotatable bonds is 3. The largest absolute Gasteiger partial charge is 0.493 e. The number of hydrogen-bond donors (Lipinski definition) is 1. The van der Waals surface area contributed by atoms with E-state index in [9.17, 15) is 4.79 Å². The molecule has 144 valence electrons. The molecule has 1 aromatic heterocycles. The molecule has 2 aliphatic rings. The molecule has 1 unspecified atom stereocenters. The van der Waals surface area contributed by atoms with Crippen molar-refractivity contribution in [3.05, 3.63) is 47.8 Å². The first-order chi connectivity index (χ1) is 13.2. The Labute approximate surface area is 160 Å². The summed E-state index contributed by atoms with van der Waals surface area (Å²) in [6.45, 7) is 2.35. The minimum atomic E-state index is 0.0309. The maximum Gasteiger partial charge on any atom is 0.317 e. The normalized spacial score (nSPS) is 20.5. The second-order valence-electron chi connectivity index (χ2n) is 7.61. The zero-order valence-corrected chi connectivity index (χ0v) is 15.9. The van der Waals surface area contributed by atoms with Crippen LogP contribution in [-0.2, 0) is 13.5 Å². The zero-order valence-electron chi connectivity index (χ0n) is 15.9. The van der Waals surface area contributed by atoms with Gasteiger partial charge in [-0.1, -0.05) is 18.2 Å². The molecular weight excluding hydrogens is 340 g/mol. The quantitative estimate of drug-likeness (QED) is 0.904. The summed E-state index contributed by atoms with van der Waals surface area (Å²) < 4.78 is 7.76. The van der Waals surface area contributed by atoms with Crippen molar-refractivity contribution in [3.63, 3.8) is 0 Å². The number of para-hydroxylation sites is 1. The summed E-state index contributed by atoms with van der Waals surface area (Å²) in [6, 6.07) is 10.2. The Kier molecular flexibility index (Phi) is 5.32. The van der Waals surface area contributed by atoms with Gasteiger partial charge in [0.2, 0.25) is 0 Å². The molecule has 0 saturated carbocycles. The predicted molar refractivity (Wildman–Crippen MR) is 104 cm³/mol. The van der Waals surface area contributed by atoms with Crippen LogP contribution in [-0.4, -0.2) is 40.4 Å². The number of hydrogen-bond acceptors (Lipinski definition) is 3. The van der Waals surface area contributed by atoms with Crippen molar-refractivity contribution in [2.24, 2.45) is 13.0 Å². The lowest BCUT2D eigenvalue weighted by atomic mass is 9.92. The number of aryl methyl sites for hydroxylation is 1. The van der Waals surface area contributed by atoms with Crippen LogP contribution in [0.2, 0.25) is 0 Å². The van der Waals surface area contributed by atoms with E-state index in [1.54, 1.807) is 0 Å². The first-order valence-corrected chi connectivity index (χ1v) is 9.95. The van der Waals surface area contributed by atoms with Crippen molar-refractivity contribution in [1.82, 2.24) is 20.0 Å². The van der Waals surface area contributed by atoms with E-state index in [4.69, 9.17) is 4.74 Å². The van der Waals surface area contributed by atoms with Gasteiger partial charge in [0.25, 0.3) is 0 Å². The van der Waals surface area contributed by atoms with E-state index in [2.05, 4.69) is 22.5 Å². The number of nitrogens with one attached hydrogen (secondary N) is 1. The first-order valence-electron chi connectivity index (χ1n) is 9.95. The number of urea groups is 1. The lowest BCUT2D eigenvalue weighted by molar-refractivity contribution is 0.166. The number of likely N-dealkylation sites (tertiary alicyclic amines) is 1. The third-order valence-electron chi connectivity index (χ3n) is 5.81. The Hall–Kier alpha value is -2.50. The molecule has 3 heterocycles. The molecule has 2 aliphatic heterocycles. The Bertz CT molecular complexity index is 780. The van der Waals surface area contributed by atoms with Crippen LogP contribution in [0.5, 0.6) is 5.75 Å². The molecule has 27 heavy (non-hydrogen) atoms. The van der Waals surface area contributed by atoms with Crippen molar-refractivity contribution in [3.8, 4) is 5.75 Å². The van der Waals surface area contributed by atoms with Crippen LogP contribution < -0.4 is 10.1 Å². The smallest absolute Gasteiger partial charge is 0.317 e. The van der Waals surface area contributed by atoms with Gasteiger partial charge < -0.3 is 15.0 Å². The van der Waals surface area contributed by atoms with Crippen molar-refractivity contribution < 1.29 is 9.53 Å². The highest BCUT2D eigenvalue weighted by molar-refractivity contribution is 5.75. The topological polar surface area (TPSA) is 59.4 Å². The van der Waals surface area contributed by atoms with Gasteiger partial charge in [-0.15, -0.1) is 0 Å². The van der Waals surface area contributed by atoms with Gasteiger partial charge in [-0.05, 0) is 50.2 Å². The summed E-state index contributed by atoms with van der Waals surface area (Å²) in [4.78, 5) is 14.8. The molecule has 2 aromatic rings. The number of nitrogens with zero attached hydrogens (tertiary/aromatic N) is 3. The average Bonchev–Trinajstić information content (AvgIpc) is 2.98. The average molecular weight is 368 g/mol. The molecule has 2 amide bonds. The number of carbonyl (C=O) groups is 1. The molecule has 0 aliphatic carbocycles. The highest BCUT2D eigenvalue weighted by atomic mass is 16.5. The SMILES string of the molecule is Cn1nccc1CC1CCN(C(=O)NC2CCCOc3ccccc32)CC1. The van der Waals surface area contributed by atoms with E-state index in [0.717, 1.165) is 56.5 Å². The number of ether oxygens (including phenoxy) is 1. The molecule has 0 spiro atoms. The monoisotopic (exact) mass is 368 g/mol. The van der Waals surface area contributed by atoms with Gasteiger partial charge in [0.05, 0.1) is 12.6 Å². The molecule has 0 bridgehead atoms. The lowest BCUT2D eigenvalue weighted by Gasteiger charge is -2.33. The van der Waals surface area contributed by atoms with Crippen LogP contribution >= 0.6 is 0 Å². The Morgan fingerprint density at radius 1 is 1.22 bits per heavy atom. The Morgan fingerprint density at radius 2 is 2.04 bits per heavy atom. The molecular formula is C21H28N4O2. The third kappa shape index (κ3) is 4.10. The third-order valence-corrected chi connectivity index (χ3v) is 5.81. The summed E-state index contributed by atoms with van der Waals surface area (Å²) in [7, 11) is 1.99. The van der Waals surface area contributed by atoms with Crippen LogP contribution in [0.4, 0.5) is 4.79 Å². The number of piperidine rings is 1. The van der Waals surface area contributed by atoms with Crippen molar-refractivity contribution in [1.29, 1.82) is 0 Å². The van der Waals surface area contributed by atoms with E-state index >= 15 is 0 Å². The molecule has 1 aromatic carbocycles. The van der Waals surface area contributed by atoms with Gasteiger partial charge in [0, 0.05) is 37.6 Å². The Balaban J connectivity index is 1.33. The maximum atomic E-state index is 12.8. The second kappa shape index (κ2) is 8.03. The van der Waals surface area contributed by atoms with Crippen molar-refractivity contribution in [2.45, 2.75) is 38.1 Å². The van der Waals surface area contributed by atoms with Crippen LogP contribution in [0.25, 0.3) is 0 Å². The van der Waals surface area contributed by atoms with Crippen LogP contribution in [0.3, 0.4) is 0 Å².